The molecule has 134 valence electrons. The molecule has 1 fully saturated rings. The summed E-state index contributed by atoms with van der Waals surface area (Å²) in [5.41, 5.74) is 6.24. The number of benzene rings is 1. The van der Waals surface area contributed by atoms with E-state index < -0.39 is 11.9 Å². The maximum atomic E-state index is 13.4. The number of ether oxygens (including phenoxy) is 1. The first-order valence-electron chi connectivity index (χ1n) is 7.69. The second-order valence-corrected chi connectivity index (χ2v) is 5.57. The van der Waals surface area contributed by atoms with E-state index in [1.165, 1.54) is 6.07 Å². The number of hydrogen-bond donors (Lipinski definition) is 3. The van der Waals surface area contributed by atoms with Crippen molar-refractivity contribution >= 4 is 24.2 Å². The Kier molecular flexibility index (Phi) is 8.10. The second kappa shape index (κ2) is 9.56. The van der Waals surface area contributed by atoms with Crippen molar-refractivity contribution in [2.75, 3.05) is 19.6 Å². The number of nitrogens with two attached hydrogens (primary N) is 1. The van der Waals surface area contributed by atoms with Crippen molar-refractivity contribution in [1.29, 1.82) is 0 Å². The average Bonchev–Trinajstić information content (AvgIpc) is 3.03. The number of rotatable bonds is 6. The van der Waals surface area contributed by atoms with Crippen LogP contribution >= 0.6 is 12.4 Å². The summed E-state index contributed by atoms with van der Waals surface area (Å²) in [6.07, 6.45) is 0.917. The van der Waals surface area contributed by atoms with Gasteiger partial charge in [-0.3, -0.25) is 9.59 Å². The Bertz CT molecular complexity index is 586. The lowest BCUT2D eigenvalue weighted by molar-refractivity contribution is -0.131. The molecule has 1 aromatic rings. The number of aryl methyl sites for hydroxylation is 1. The SMILES string of the molecule is Cc1ccc(C(=O)NCCNC(=O)[C@@H]2CC[C@H](CN)O2)cc1F.Cl. The van der Waals surface area contributed by atoms with Gasteiger partial charge in [-0.1, -0.05) is 6.07 Å². The summed E-state index contributed by atoms with van der Waals surface area (Å²) in [7, 11) is 0. The molecule has 1 aliphatic heterocycles. The number of halogens is 2. The van der Waals surface area contributed by atoms with Gasteiger partial charge in [0, 0.05) is 25.2 Å². The third kappa shape index (κ3) is 5.43. The highest BCUT2D eigenvalue weighted by Crippen LogP contribution is 2.18. The van der Waals surface area contributed by atoms with Crippen molar-refractivity contribution < 1.29 is 18.7 Å². The van der Waals surface area contributed by atoms with E-state index in [0.29, 0.717) is 18.5 Å². The third-order valence-electron chi connectivity index (χ3n) is 3.81. The zero-order chi connectivity index (χ0) is 16.8. The topological polar surface area (TPSA) is 93.5 Å². The number of hydrogen-bond acceptors (Lipinski definition) is 4. The molecule has 0 radical (unpaired) electrons. The quantitative estimate of drug-likeness (QED) is 0.658. The highest BCUT2D eigenvalue weighted by Gasteiger charge is 2.29. The Balaban J connectivity index is 0.00000288. The zero-order valence-electron chi connectivity index (χ0n) is 13.5. The van der Waals surface area contributed by atoms with Crippen LogP contribution in [0.4, 0.5) is 4.39 Å². The van der Waals surface area contributed by atoms with E-state index in [9.17, 15) is 14.0 Å². The van der Waals surface area contributed by atoms with Crippen molar-refractivity contribution in [2.24, 2.45) is 5.73 Å². The average molecular weight is 360 g/mol. The molecule has 24 heavy (non-hydrogen) atoms. The fourth-order valence-electron chi connectivity index (χ4n) is 2.38. The molecule has 6 nitrogen and oxygen atoms in total. The van der Waals surface area contributed by atoms with Crippen molar-refractivity contribution in [1.82, 2.24) is 10.6 Å². The van der Waals surface area contributed by atoms with Gasteiger partial charge in [-0.05, 0) is 37.5 Å². The van der Waals surface area contributed by atoms with Crippen LogP contribution in [0.1, 0.15) is 28.8 Å². The van der Waals surface area contributed by atoms with Crippen LogP contribution in [0.25, 0.3) is 0 Å². The smallest absolute Gasteiger partial charge is 0.251 e. The molecule has 4 N–H and O–H groups in total. The first kappa shape index (κ1) is 20.3. The molecule has 0 unspecified atom stereocenters. The van der Waals surface area contributed by atoms with Crippen LogP contribution in [-0.2, 0) is 9.53 Å². The molecular formula is C16H23ClFN3O3. The summed E-state index contributed by atoms with van der Waals surface area (Å²) in [5, 5.41) is 5.33. The molecule has 1 aromatic carbocycles. The second-order valence-electron chi connectivity index (χ2n) is 5.57. The van der Waals surface area contributed by atoms with Gasteiger partial charge in [-0.25, -0.2) is 4.39 Å². The molecule has 1 heterocycles. The fraction of sp³-hybridized carbons (Fsp3) is 0.500. The summed E-state index contributed by atoms with van der Waals surface area (Å²) in [6, 6.07) is 4.31. The van der Waals surface area contributed by atoms with Gasteiger partial charge >= 0.3 is 0 Å². The lowest BCUT2D eigenvalue weighted by Crippen LogP contribution is -2.40. The van der Waals surface area contributed by atoms with Gasteiger partial charge in [0.2, 0.25) is 5.91 Å². The van der Waals surface area contributed by atoms with Crippen LogP contribution in [0.5, 0.6) is 0 Å². The van der Waals surface area contributed by atoms with E-state index >= 15 is 0 Å². The van der Waals surface area contributed by atoms with Crippen LogP contribution in [0.2, 0.25) is 0 Å². The largest absolute Gasteiger partial charge is 0.364 e. The standard InChI is InChI=1S/C16H22FN3O3.ClH/c1-10-2-3-11(8-13(10)17)15(21)19-6-7-20-16(22)14-5-4-12(9-18)23-14;/h2-3,8,12,14H,4-7,9,18H2,1H3,(H,19,21)(H,20,22);1H/t12-,14+;/m1./s1. The Hall–Kier alpha value is -1.70. The predicted octanol–water partition coefficient (Wildman–Crippen LogP) is 0.908. The van der Waals surface area contributed by atoms with Gasteiger partial charge in [-0.15, -0.1) is 12.4 Å². The molecule has 0 aliphatic carbocycles. The van der Waals surface area contributed by atoms with Gasteiger partial charge in [-0.2, -0.15) is 0 Å². The molecule has 1 aliphatic rings. The lowest BCUT2D eigenvalue weighted by atomic mass is 10.1. The summed E-state index contributed by atoms with van der Waals surface area (Å²) in [5.74, 6) is -0.992. The molecule has 0 aromatic heterocycles. The highest BCUT2D eigenvalue weighted by molar-refractivity contribution is 5.94. The van der Waals surface area contributed by atoms with E-state index in [0.717, 1.165) is 6.42 Å². The van der Waals surface area contributed by atoms with E-state index in [4.69, 9.17) is 10.5 Å². The van der Waals surface area contributed by atoms with Gasteiger partial charge in [0.15, 0.2) is 0 Å². The Morgan fingerprint density at radius 1 is 1.29 bits per heavy atom. The van der Waals surface area contributed by atoms with Crippen LogP contribution < -0.4 is 16.4 Å². The molecular weight excluding hydrogens is 337 g/mol. The van der Waals surface area contributed by atoms with E-state index in [1.54, 1.807) is 19.1 Å². The highest BCUT2D eigenvalue weighted by atomic mass is 35.5. The Morgan fingerprint density at radius 2 is 2.00 bits per heavy atom. The molecule has 0 spiro atoms. The Morgan fingerprint density at radius 3 is 2.62 bits per heavy atom. The molecule has 8 heteroatoms. The van der Waals surface area contributed by atoms with Gasteiger partial charge in [0.25, 0.3) is 5.91 Å². The summed E-state index contributed by atoms with van der Waals surface area (Å²) in [6.45, 7) is 2.58. The number of amides is 2. The first-order chi connectivity index (χ1) is 11.0. The monoisotopic (exact) mass is 359 g/mol. The van der Waals surface area contributed by atoms with Crippen LogP contribution in [0, 0.1) is 12.7 Å². The zero-order valence-corrected chi connectivity index (χ0v) is 14.3. The minimum Gasteiger partial charge on any atom is -0.364 e. The Labute approximate surface area is 146 Å². The van der Waals surface area contributed by atoms with Crippen LogP contribution in [0.15, 0.2) is 18.2 Å². The first-order valence-corrected chi connectivity index (χ1v) is 7.69. The molecule has 2 atom stereocenters. The number of carbonyl (C=O) groups excluding carboxylic acids is 2. The van der Waals surface area contributed by atoms with E-state index in [-0.39, 0.29) is 49.0 Å². The normalized spacial score (nSPS) is 19.5. The van der Waals surface area contributed by atoms with Crippen molar-refractivity contribution in [3.8, 4) is 0 Å². The van der Waals surface area contributed by atoms with Crippen molar-refractivity contribution in [3.05, 3.63) is 35.1 Å². The van der Waals surface area contributed by atoms with Gasteiger partial charge in [0.05, 0.1) is 6.10 Å². The molecule has 1 saturated heterocycles. The summed E-state index contributed by atoms with van der Waals surface area (Å²) < 4.78 is 18.9. The molecule has 0 bridgehead atoms. The fourth-order valence-corrected chi connectivity index (χ4v) is 2.38. The molecule has 2 amide bonds. The summed E-state index contributed by atoms with van der Waals surface area (Å²) in [4.78, 5) is 23.7. The number of nitrogens with one attached hydrogen (secondary N) is 2. The lowest BCUT2D eigenvalue weighted by Gasteiger charge is -2.13. The van der Waals surface area contributed by atoms with E-state index in [2.05, 4.69) is 10.6 Å². The van der Waals surface area contributed by atoms with Crippen molar-refractivity contribution in [3.63, 3.8) is 0 Å². The maximum Gasteiger partial charge on any atom is 0.251 e. The molecule has 0 saturated carbocycles. The minimum absolute atomic E-state index is 0. The van der Waals surface area contributed by atoms with Gasteiger partial charge < -0.3 is 21.1 Å². The van der Waals surface area contributed by atoms with Crippen molar-refractivity contribution in [2.45, 2.75) is 32.0 Å². The third-order valence-corrected chi connectivity index (χ3v) is 3.81. The predicted molar refractivity (Wildman–Crippen MR) is 90.7 cm³/mol. The van der Waals surface area contributed by atoms with Crippen LogP contribution in [0.3, 0.4) is 0 Å². The number of carbonyl (C=O) groups is 2. The van der Waals surface area contributed by atoms with Crippen LogP contribution in [-0.4, -0.2) is 43.7 Å². The van der Waals surface area contributed by atoms with E-state index in [1.807, 2.05) is 0 Å². The molecule has 2 rings (SSSR count). The van der Waals surface area contributed by atoms with Gasteiger partial charge in [0.1, 0.15) is 11.9 Å². The summed E-state index contributed by atoms with van der Waals surface area (Å²) >= 11 is 0. The minimum atomic E-state index is -0.467. The maximum absolute atomic E-state index is 13.4.